The fraction of sp³-hybridized carbons (Fsp3) is 0.467. The minimum atomic E-state index is -1.38. The van der Waals surface area contributed by atoms with Gasteiger partial charge in [-0.25, -0.2) is 0 Å². The highest BCUT2D eigenvalue weighted by Crippen LogP contribution is 2.46. The summed E-state index contributed by atoms with van der Waals surface area (Å²) >= 11 is 0. The van der Waals surface area contributed by atoms with E-state index in [1.807, 2.05) is 0 Å². The van der Waals surface area contributed by atoms with Crippen molar-refractivity contribution < 1.29 is 19.0 Å². The monoisotopic (exact) mass is 288 g/mol. The van der Waals surface area contributed by atoms with Crippen LogP contribution in [0.3, 0.4) is 0 Å². The molecule has 0 aliphatic carbocycles. The molecule has 2 aliphatic heterocycles. The summed E-state index contributed by atoms with van der Waals surface area (Å²) in [6.07, 6.45) is 1.01. The summed E-state index contributed by atoms with van der Waals surface area (Å²) in [5.41, 5.74) is 1.38. The van der Waals surface area contributed by atoms with Crippen molar-refractivity contribution in [2.24, 2.45) is 0 Å². The summed E-state index contributed by atoms with van der Waals surface area (Å²) < 4.78 is 16.7. The number of ether oxygens (including phenoxy) is 3. The molecule has 0 saturated carbocycles. The van der Waals surface area contributed by atoms with Gasteiger partial charge in [0.25, 0.3) is 11.7 Å². The number of hydrogen-bond acceptors (Lipinski definition) is 5. The summed E-state index contributed by atoms with van der Waals surface area (Å²) in [6, 6.07) is 7.42. The van der Waals surface area contributed by atoms with E-state index in [0.29, 0.717) is 31.1 Å². The normalized spacial score (nSPS) is 19.4. The van der Waals surface area contributed by atoms with Gasteiger partial charge in [0.15, 0.2) is 0 Å². The van der Waals surface area contributed by atoms with Crippen LogP contribution in [0.2, 0.25) is 0 Å². The second-order valence-corrected chi connectivity index (χ2v) is 4.92. The third-order valence-electron chi connectivity index (χ3n) is 3.72. The molecule has 6 heteroatoms. The molecular weight excluding hydrogens is 272 g/mol. The van der Waals surface area contributed by atoms with Crippen LogP contribution >= 0.6 is 0 Å². The van der Waals surface area contributed by atoms with Crippen LogP contribution in [0.1, 0.15) is 18.4 Å². The maximum Gasteiger partial charge on any atom is 0.292 e. The topological polar surface area (TPSA) is 71.8 Å². The SMILES string of the molecule is COc1ccc2c(c1)C1(OCCCO1)C(=O)N2CCC#N. The number of amides is 1. The predicted octanol–water partition coefficient (Wildman–Crippen LogP) is 1.55. The average Bonchev–Trinajstić information content (AvgIpc) is 2.75. The van der Waals surface area contributed by atoms with Gasteiger partial charge < -0.3 is 19.1 Å². The van der Waals surface area contributed by atoms with Crippen molar-refractivity contribution in [2.75, 3.05) is 31.8 Å². The van der Waals surface area contributed by atoms with E-state index in [0.717, 1.165) is 12.1 Å². The van der Waals surface area contributed by atoms with Crippen LogP contribution in [0.25, 0.3) is 0 Å². The fourth-order valence-corrected chi connectivity index (χ4v) is 2.74. The zero-order chi connectivity index (χ0) is 14.9. The smallest absolute Gasteiger partial charge is 0.292 e. The van der Waals surface area contributed by atoms with Gasteiger partial charge in [-0.15, -0.1) is 0 Å². The van der Waals surface area contributed by atoms with Gasteiger partial charge in [0, 0.05) is 12.1 Å². The second-order valence-electron chi connectivity index (χ2n) is 4.92. The Balaban J connectivity index is 2.07. The highest BCUT2D eigenvalue weighted by molar-refractivity contribution is 6.06. The Morgan fingerprint density at radius 3 is 2.86 bits per heavy atom. The van der Waals surface area contributed by atoms with Gasteiger partial charge in [0.05, 0.1) is 38.5 Å². The number of hydrogen-bond donors (Lipinski definition) is 0. The Morgan fingerprint density at radius 2 is 2.19 bits per heavy atom. The molecule has 0 aromatic heterocycles. The first kappa shape index (κ1) is 13.9. The number of carbonyl (C=O) groups excluding carboxylic acids is 1. The summed E-state index contributed by atoms with van der Waals surface area (Å²) in [6.45, 7) is 1.26. The van der Waals surface area contributed by atoms with Crippen LogP contribution in [0.15, 0.2) is 18.2 Å². The third kappa shape index (κ3) is 2.06. The Bertz CT molecular complexity index is 602. The second kappa shape index (κ2) is 5.35. The molecule has 21 heavy (non-hydrogen) atoms. The molecular formula is C15H16N2O4. The third-order valence-corrected chi connectivity index (χ3v) is 3.72. The predicted molar refractivity (Wildman–Crippen MR) is 73.8 cm³/mol. The van der Waals surface area contributed by atoms with Crippen LogP contribution in [-0.2, 0) is 20.1 Å². The number of methoxy groups -OCH3 is 1. The molecule has 1 spiro atoms. The lowest BCUT2D eigenvalue weighted by Crippen LogP contribution is -2.47. The van der Waals surface area contributed by atoms with E-state index in [-0.39, 0.29) is 12.3 Å². The van der Waals surface area contributed by atoms with Gasteiger partial charge in [-0.2, -0.15) is 5.26 Å². The molecule has 0 unspecified atom stereocenters. The molecule has 1 aromatic carbocycles. The standard InChI is InChI=1S/C15H16N2O4/c1-19-11-4-5-13-12(10-11)15(20-8-3-9-21-15)14(18)17(13)7-2-6-16/h4-5,10H,2-3,7-9H2,1H3. The summed E-state index contributed by atoms with van der Waals surface area (Å²) in [7, 11) is 1.57. The number of carbonyl (C=O) groups is 1. The van der Waals surface area contributed by atoms with E-state index in [1.165, 1.54) is 0 Å². The molecule has 110 valence electrons. The molecule has 1 fully saturated rings. The molecule has 0 radical (unpaired) electrons. The largest absolute Gasteiger partial charge is 0.497 e. The average molecular weight is 288 g/mol. The van der Waals surface area contributed by atoms with Crippen LogP contribution in [0.4, 0.5) is 5.69 Å². The maximum atomic E-state index is 12.8. The van der Waals surface area contributed by atoms with Crippen molar-refractivity contribution in [2.45, 2.75) is 18.6 Å². The molecule has 2 heterocycles. The Labute approximate surface area is 122 Å². The van der Waals surface area contributed by atoms with E-state index in [2.05, 4.69) is 6.07 Å². The zero-order valence-corrected chi connectivity index (χ0v) is 11.8. The quantitative estimate of drug-likeness (QED) is 0.843. The van der Waals surface area contributed by atoms with Gasteiger partial charge in [-0.05, 0) is 24.6 Å². The van der Waals surface area contributed by atoms with Crippen LogP contribution in [0.5, 0.6) is 5.75 Å². The van der Waals surface area contributed by atoms with E-state index < -0.39 is 5.79 Å². The minimum absolute atomic E-state index is 0.257. The van der Waals surface area contributed by atoms with Crippen LogP contribution in [-0.4, -0.2) is 32.8 Å². The molecule has 0 bridgehead atoms. The molecule has 1 amide bonds. The van der Waals surface area contributed by atoms with E-state index in [4.69, 9.17) is 19.5 Å². The molecule has 6 nitrogen and oxygen atoms in total. The van der Waals surface area contributed by atoms with Crippen molar-refractivity contribution in [1.29, 1.82) is 5.26 Å². The van der Waals surface area contributed by atoms with Gasteiger partial charge in [0.2, 0.25) is 0 Å². The first-order valence-corrected chi connectivity index (χ1v) is 6.88. The van der Waals surface area contributed by atoms with Gasteiger partial charge in [-0.3, -0.25) is 4.79 Å². The summed E-state index contributed by atoms with van der Waals surface area (Å²) in [5, 5.41) is 8.77. The minimum Gasteiger partial charge on any atom is -0.497 e. The first-order valence-electron chi connectivity index (χ1n) is 6.88. The lowest BCUT2D eigenvalue weighted by Gasteiger charge is -2.32. The van der Waals surface area contributed by atoms with Gasteiger partial charge >= 0.3 is 0 Å². The highest BCUT2D eigenvalue weighted by atomic mass is 16.7. The fourth-order valence-electron chi connectivity index (χ4n) is 2.74. The molecule has 1 saturated heterocycles. The first-order chi connectivity index (χ1) is 10.2. The van der Waals surface area contributed by atoms with Crippen molar-refractivity contribution in [3.63, 3.8) is 0 Å². The van der Waals surface area contributed by atoms with Gasteiger partial charge in [0.1, 0.15) is 5.75 Å². The molecule has 0 atom stereocenters. The Kier molecular flexibility index (Phi) is 3.53. The van der Waals surface area contributed by atoms with E-state index in [1.54, 1.807) is 30.2 Å². The highest BCUT2D eigenvalue weighted by Gasteiger charge is 2.54. The lowest BCUT2D eigenvalue weighted by atomic mass is 10.1. The number of benzene rings is 1. The zero-order valence-electron chi connectivity index (χ0n) is 11.8. The van der Waals surface area contributed by atoms with E-state index in [9.17, 15) is 4.79 Å². The molecule has 3 rings (SSSR count). The Hall–Kier alpha value is -2.10. The van der Waals surface area contributed by atoms with Crippen molar-refractivity contribution in [3.05, 3.63) is 23.8 Å². The molecule has 1 aromatic rings. The van der Waals surface area contributed by atoms with Crippen LogP contribution < -0.4 is 9.64 Å². The van der Waals surface area contributed by atoms with E-state index >= 15 is 0 Å². The van der Waals surface area contributed by atoms with Gasteiger partial charge in [-0.1, -0.05) is 0 Å². The summed E-state index contributed by atoms with van der Waals surface area (Å²) in [4.78, 5) is 14.3. The number of nitrogens with zero attached hydrogens (tertiary/aromatic N) is 2. The number of rotatable bonds is 3. The maximum absolute atomic E-state index is 12.8. The van der Waals surface area contributed by atoms with Crippen molar-refractivity contribution in [1.82, 2.24) is 0 Å². The lowest BCUT2D eigenvalue weighted by molar-refractivity contribution is -0.256. The Morgan fingerprint density at radius 1 is 1.43 bits per heavy atom. The molecule has 2 aliphatic rings. The number of anilines is 1. The molecule has 0 N–H and O–H groups in total. The van der Waals surface area contributed by atoms with Crippen molar-refractivity contribution in [3.8, 4) is 11.8 Å². The van der Waals surface area contributed by atoms with Crippen LogP contribution in [0, 0.1) is 11.3 Å². The number of fused-ring (bicyclic) bond motifs is 2. The number of nitriles is 1. The summed E-state index contributed by atoms with van der Waals surface area (Å²) in [5.74, 6) is -1.00. The van der Waals surface area contributed by atoms with Crippen molar-refractivity contribution >= 4 is 11.6 Å².